The molecule has 0 atom stereocenters. The van der Waals surface area contributed by atoms with Crippen molar-refractivity contribution < 1.29 is 0 Å². The Morgan fingerprint density at radius 3 is 2.78 bits per heavy atom. The summed E-state index contributed by atoms with van der Waals surface area (Å²) in [4.78, 5) is 0. The number of thioether (sulfide) groups is 1. The van der Waals surface area contributed by atoms with Crippen molar-refractivity contribution in [2.75, 3.05) is 23.9 Å². The number of benzene rings is 1. The third-order valence-corrected chi connectivity index (χ3v) is 4.33. The Morgan fingerprint density at radius 1 is 1.22 bits per heavy atom. The normalized spacial score (nSPS) is 12.4. The van der Waals surface area contributed by atoms with Crippen LogP contribution in [0.2, 0.25) is 10.0 Å². The maximum Gasteiger partial charge on any atom is 0.130 e. The Balaban J connectivity index is 2.05. The largest absolute Gasteiger partial charge is 0.382 e. The quantitative estimate of drug-likeness (QED) is 0.735. The fraction of sp³-hybridized carbons (Fsp3) is 0.455. The van der Waals surface area contributed by atoms with Crippen LogP contribution < -0.4 is 5.32 Å². The van der Waals surface area contributed by atoms with Crippen LogP contribution in [-0.4, -0.2) is 18.6 Å². The van der Waals surface area contributed by atoms with Crippen molar-refractivity contribution in [2.24, 2.45) is 8.73 Å². The van der Waals surface area contributed by atoms with Crippen LogP contribution in [0.3, 0.4) is 0 Å². The van der Waals surface area contributed by atoms with E-state index in [1.807, 2.05) is 11.8 Å². The van der Waals surface area contributed by atoms with Crippen LogP contribution >= 0.6 is 35.0 Å². The second-order valence-electron chi connectivity index (χ2n) is 3.80. The molecule has 1 aromatic carbocycles. The number of anilines is 1. The van der Waals surface area contributed by atoms with Gasteiger partial charge in [0.2, 0.25) is 0 Å². The number of unbranched alkanes of at least 4 members (excludes halogenated alkanes) is 1. The van der Waals surface area contributed by atoms with Crippen molar-refractivity contribution in [3.8, 4) is 0 Å². The lowest BCUT2D eigenvalue weighted by Crippen LogP contribution is -2.02. The molecule has 0 aliphatic carbocycles. The molecule has 7 heteroatoms. The molecule has 0 radical (unpaired) electrons. The second-order valence-corrected chi connectivity index (χ2v) is 6.13. The molecule has 0 spiro atoms. The van der Waals surface area contributed by atoms with E-state index in [1.54, 1.807) is 6.07 Å². The smallest absolute Gasteiger partial charge is 0.130 e. The van der Waals surface area contributed by atoms with E-state index in [0.717, 1.165) is 41.4 Å². The highest BCUT2D eigenvalue weighted by molar-refractivity contribution is 7.98. The lowest BCUT2D eigenvalue weighted by atomic mass is 10.2. The molecule has 2 rings (SSSR count). The number of rotatable bonds is 6. The van der Waals surface area contributed by atoms with Crippen LogP contribution in [0.5, 0.6) is 0 Å². The predicted molar refractivity (Wildman–Crippen MR) is 84.1 cm³/mol. The van der Waals surface area contributed by atoms with E-state index in [1.165, 1.54) is 12.2 Å². The zero-order chi connectivity index (χ0) is 13.0. The maximum atomic E-state index is 6.19. The third kappa shape index (κ3) is 3.20. The third-order valence-electron chi connectivity index (χ3n) is 2.52. The molecule has 18 heavy (non-hydrogen) atoms. The summed E-state index contributed by atoms with van der Waals surface area (Å²) in [7, 11) is 0. The van der Waals surface area contributed by atoms with E-state index in [0.29, 0.717) is 10.0 Å². The molecule has 0 saturated heterocycles. The van der Waals surface area contributed by atoms with Gasteiger partial charge in [0.15, 0.2) is 0 Å². The highest BCUT2D eigenvalue weighted by Crippen LogP contribution is 2.47. The second kappa shape index (κ2) is 6.80. The van der Waals surface area contributed by atoms with Gasteiger partial charge in [0.05, 0.1) is 27.1 Å². The molecule has 0 fully saturated rings. The SMILES string of the molecule is CSCCCCNc1c(Cl)cc(Cl)c2c1N=S=N2. The summed E-state index contributed by atoms with van der Waals surface area (Å²) in [6.07, 6.45) is 4.42. The predicted octanol–water partition coefficient (Wildman–Crippen LogP) is 5.27. The first-order valence-electron chi connectivity index (χ1n) is 5.57. The Kier molecular flexibility index (Phi) is 5.36. The minimum Gasteiger partial charge on any atom is -0.382 e. The van der Waals surface area contributed by atoms with Crippen molar-refractivity contribution in [1.82, 2.24) is 0 Å². The molecule has 0 unspecified atom stereocenters. The Labute approximate surface area is 125 Å². The van der Waals surface area contributed by atoms with Crippen molar-refractivity contribution >= 4 is 63.4 Å². The average Bonchev–Trinajstić information content (AvgIpc) is 2.82. The van der Waals surface area contributed by atoms with Crippen LogP contribution in [0.1, 0.15) is 12.8 Å². The van der Waals surface area contributed by atoms with Gasteiger partial charge < -0.3 is 5.32 Å². The van der Waals surface area contributed by atoms with Crippen molar-refractivity contribution in [1.29, 1.82) is 0 Å². The molecule has 1 heterocycles. The summed E-state index contributed by atoms with van der Waals surface area (Å²) >= 11 is 15.3. The van der Waals surface area contributed by atoms with Crippen LogP contribution in [0.25, 0.3) is 0 Å². The van der Waals surface area contributed by atoms with Gasteiger partial charge in [-0.05, 0) is 30.9 Å². The van der Waals surface area contributed by atoms with E-state index in [9.17, 15) is 0 Å². The van der Waals surface area contributed by atoms with Gasteiger partial charge in [0.1, 0.15) is 11.4 Å². The van der Waals surface area contributed by atoms with Gasteiger partial charge >= 0.3 is 0 Å². The number of nitrogens with zero attached hydrogens (tertiary/aromatic N) is 2. The molecular weight excluding hydrogens is 309 g/mol. The zero-order valence-electron chi connectivity index (χ0n) is 9.87. The average molecular weight is 322 g/mol. The number of hydrogen-bond acceptors (Lipinski definition) is 4. The van der Waals surface area contributed by atoms with Crippen molar-refractivity contribution in [3.05, 3.63) is 16.1 Å². The fourth-order valence-corrected chi connectivity index (χ4v) is 3.30. The zero-order valence-corrected chi connectivity index (χ0v) is 13.0. The van der Waals surface area contributed by atoms with E-state index in [-0.39, 0.29) is 0 Å². The molecule has 98 valence electrons. The van der Waals surface area contributed by atoms with Gasteiger partial charge in [-0.15, -0.1) is 0 Å². The summed E-state index contributed by atoms with van der Waals surface area (Å²) in [6.45, 7) is 0.883. The van der Waals surface area contributed by atoms with Crippen LogP contribution in [-0.2, 0) is 11.4 Å². The summed E-state index contributed by atoms with van der Waals surface area (Å²) in [5.41, 5.74) is 2.33. The number of fused-ring (bicyclic) bond motifs is 1. The maximum absolute atomic E-state index is 6.19. The Bertz CT molecular complexity index is 514. The number of hydrogen-bond donors (Lipinski definition) is 1. The minimum absolute atomic E-state index is 0.552. The van der Waals surface area contributed by atoms with Gasteiger partial charge in [-0.2, -0.15) is 20.5 Å². The van der Waals surface area contributed by atoms with E-state index >= 15 is 0 Å². The highest BCUT2D eigenvalue weighted by Gasteiger charge is 2.18. The topological polar surface area (TPSA) is 36.8 Å². The summed E-state index contributed by atoms with van der Waals surface area (Å²) in [6, 6.07) is 1.72. The van der Waals surface area contributed by atoms with E-state index in [4.69, 9.17) is 23.2 Å². The molecule has 3 nitrogen and oxygen atoms in total. The number of nitrogens with one attached hydrogen (secondary N) is 1. The van der Waals surface area contributed by atoms with Crippen LogP contribution in [0.4, 0.5) is 17.1 Å². The van der Waals surface area contributed by atoms with Crippen molar-refractivity contribution in [3.63, 3.8) is 0 Å². The molecule has 1 aliphatic heterocycles. The van der Waals surface area contributed by atoms with Gasteiger partial charge in [-0.25, -0.2) is 0 Å². The van der Waals surface area contributed by atoms with E-state index < -0.39 is 0 Å². The monoisotopic (exact) mass is 321 g/mol. The standard InChI is InChI=1S/C11H13Cl2N3S2/c1-17-5-3-2-4-14-9-7(12)6-8(13)10-11(9)16-18-15-10/h6,14H,2-5H2,1H3. The summed E-state index contributed by atoms with van der Waals surface area (Å²) < 4.78 is 8.42. The lowest BCUT2D eigenvalue weighted by molar-refractivity contribution is 0.843. The first-order chi connectivity index (χ1) is 8.74. The van der Waals surface area contributed by atoms with Gasteiger partial charge in [-0.3, -0.25) is 0 Å². The van der Waals surface area contributed by atoms with Gasteiger partial charge in [0, 0.05) is 6.54 Å². The molecule has 0 amide bonds. The number of halogens is 2. The molecule has 0 saturated carbocycles. The first kappa shape index (κ1) is 14.2. The fourth-order valence-electron chi connectivity index (χ4n) is 1.63. The summed E-state index contributed by atoms with van der Waals surface area (Å²) in [5, 5.41) is 4.49. The van der Waals surface area contributed by atoms with Gasteiger partial charge in [0.25, 0.3) is 0 Å². The molecule has 0 bridgehead atoms. The van der Waals surface area contributed by atoms with Crippen LogP contribution in [0, 0.1) is 0 Å². The molecule has 0 aromatic heterocycles. The molecular formula is C11H13Cl2N3S2. The molecule has 1 aliphatic rings. The molecule has 1 aromatic rings. The van der Waals surface area contributed by atoms with Crippen molar-refractivity contribution in [2.45, 2.75) is 12.8 Å². The van der Waals surface area contributed by atoms with E-state index in [2.05, 4.69) is 20.3 Å². The summed E-state index contributed by atoms with van der Waals surface area (Å²) in [5.74, 6) is 1.18. The van der Waals surface area contributed by atoms with Gasteiger partial charge in [-0.1, -0.05) is 23.2 Å². The highest BCUT2D eigenvalue weighted by atomic mass is 35.5. The first-order valence-corrected chi connectivity index (χ1v) is 8.45. The Hall–Kier alpha value is -0.230. The lowest BCUT2D eigenvalue weighted by Gasteiger charge is -2.11. The van der Waals surface area contributed by atoms with Crippen LogP contribution in [0.15, 0.2) is 14.8 Å². The minimum atomic E-state index is 0.552. The molecule has 1 N–H and O–H groups in total. The Morgan fingerprint density at radius 2 is 2.00 bits per heavy atom.